The molecule has 5 nitrogen and oxygen atoms in total. The van der Waals surface area contributed by atoms with Crippen LogP contribution in [0.1, 0.15) is 20.3 Å². The van der Waals surface area contributed by atoms with Gasteiger partial charge in [-0.05, 0) is 18.3 Å². The van der Waals surface area contributed by atoms with Crippen LogP contribution in [0.3, 0.4) is 0 Å². The average Bonchev–Trinajstić information content (AvgIpc) is 2.45. The van der Waals surface area contributed by atoms with Crippen molar-refractivity contribution < 1.29 is 9.59 Å². The highest BCUT2D eigenvalue weighted by molar-refractivity contribution is 6.45. The number of nitrogens with one attached hydrogen (secondary N) is 2. The highest BCUT2D eigenvalue weighted by Crippen LogP contribution is 2.36. The number of carbonyl (C=O) groups excluding carboxylic acids is 2. The highest BCUT2D eigenvalue weighted by Gasteiger charge is 2.35. The first kappa shape index (κ1) is 9.18. The summed E-state index contributed by atoms with van der Waals surface area (Å²) in [5.41, 5.74) is 0. The molecule has 0 radical (unpaired) electrons. The molecular weight excluding hydrogens is 182 g/mol. The molecule has 1 heterocycles. The Morgan fingerprint density at radius 2 is 1.79 bits per heavy atom. The fraction of sp³-hybridized carbons (Fsp3) is 0.667. The third-order valence-electron chi connectivity index (χ3n) is 3.08. The molecule has 0 spiro atoms. The zero-order chi connectivity index (χ0) is 10.3. The van der Waals surface area contributed by atoms with Gasteiger partial charge in [0.2, 0.25) is 5.96 Å². The summed E-state index contributed by atoms with van der Waals surface area (Å²) >= 11 is 0. The summed E-state index contributed by atoms with van der Waals surface area (Å²) in [4.78, 5) is 25.9. The SMILES string of the molecule is CC1CC(N=C2NC(=O)C(=O)N2)C1C. The maximum absolute atomic E-state index is 10.8. The lowest BCUT2D eigenvalue weighted by Gasteiger charge is -2.37. The van der Waals surface area contributed by atoms with Crippen molar-refractivity contribution in [3.05, 3.63) is 0 Å². The van der Waals surface area contributed by atoms with Gasteiger partial charge in [0.1, 0.15) is 0 Å². The molecule has 76 valence electrons. The Hall–Kier alpha value is -1.39. The van der Waals surface area contributed by atoms with Crippen LogP contribution in [0.25, 0.3) is 0 Å². The molecule has 1 saturated carbocycles. The van der Waals surface area contributed by atoms with Gasteiger partial charge in [0, 0.05) is 0 Å². The van der Waals surface area contributed by atoms with Crippen LogP contribution >= 0.6 is 0 Å². The van der Waals surface area contributed by atoms with Crippen LogP contribution in [0.5, 0.6) is 0 Å². The van der Waals surface area contributed by atoms with Gasteiger partial charge in [-0.15, -0.1) is 0 Å². The minimum absolute atomic E-state index is 0.235. The van der Waals surface area contributed by atoms with Crippen molar-refractivity contribution in [2.24, 2.45) is 16.8 Å². The van der Waals surface area contributed by atoms with Crippen LogP contribution in [0, 0.1) is 11.8 Å². The predicted molar refractivity (Wildman–Crippen MR) is 50.5 cm³/mol. The molecule has 1 aliphatic heterocycles. The molecule has 0 aromatic heterocycles. The summed E-state index contributed by atoms with van der Waals surface area (Å²) in [5.74, 6) is 0.269. The van der Waals surface area contributed by atoms with Crippen molar-refractivity contribution in [2.75, 3.05) is 0 Å². The summed E-state index contributed by atoms with van der Waals surface area (Å²) in [7, 11) is 0. The summed E-state index contributed by atoms with van der Waals surface area (Å²) in [6.45, 7) is 4.30. The lowest BCUT2D eigenvalue weighted by Crippen LogP contribution is -2.39. The van der Waals surface area contributed by atoms with Crippen molar-refractivity contribution >= 4 is 17.8 Å². The van der Waals surface area contributed by atoms with Crippen molar-refractivity contribution in [3.63, 3.8) is 0 Å². The third kappa shape index (κ3) is 1.38. The molecular formula is C9H13N3O2. The molecule has 2 amide bonds. The van der Waals surface area contributed by atoms with Gasteiger partial charge >= 0.3 is 11.8 Å². The fourth-order valence-corrected chi connectivity index (χ4v) is 1.75. The molecule has 14 heavy (non-hydrogen) atoms. The first-order valence-electron chi connectivity index (χ1n) is 4.78. The first-order chi connectivity index (χ1) is 6.58. The Labute approximate surface area is 82.0 Å². The molecule has 3 unspecified atom stereocenters. The number of carbonyl (C=O) groups is 2. The fourth-order valence-electron chi connectivity index (χ4n) is 1.75. The second-order valence-electron chi connectivity index (χ2n) is 4.03. The van der Waals surface area contributed by atoms with E-state index in [1.165, 1.54) is 0 Å². The maximum Gasteiger partial charge on any atom is 0.316 e. The number of aliphatic imine (C=N–C) groups is 1. The van der Waals surface area contributed by atoms with E-state index in [2.05, 4.69) is 29.5 Å². The number of guanidine groups is 1. The zero-order valence-electron chi connectivity index (χ0n) is 8.20. The molecule has 2 aliphatic rings. The molecule has 2 rings (SSSR count). The Morgan fingerprint density at radius 1 is 1.21 bits per heavy atom. The Balaban J connectivity index is 2.00. The summed E-state index contributed by atoms with van der Waals surface area (Å²) in [6, 6.07) is 0.235. The predicted octanol–water partition coefficient (Wildman–Crippen LogP) is -0.367. The van der Waals surface area contributed by atoms with Crippen molar-refractivity contribution in [2.45, 2.75) is 26.3 Å². The van der Waals surface area contributed by atoms with Gasteiger partial charge in [0.05, 0.1) is 6.04 Å². The van der Waals surface area contributed by atoms with Crippen molar-refractivity contribution in [1.29, 1.82) is 0 Å². The lowest BCUT2D eigenvalue weighted by molar-refractivity contribution is -0.135. The Morgan fingerprint density at radius 3 is 2.21 bits per heavy atom. The Bertz CT molecular complexity index is 306. The number of nitrogens with zero attached hydrogens (tertiary/aromatic N) is 1. The van der Waals surface area contributed by atoms with Gasteiger partial charge in [0.25, 0.3) is 0 Å². The van der Waals surface area contributed by atoms with Crippen molar-refractivity contribution in [1.82, 2.24) is 10.6 Å². The van der Waals surface area contributed by atoms with E-state index in [0.717, 1.165) is 6.42 Å². The van der Waals surface area contributed by atoms with E-state index in [1.54, 1.807) is 0 Å². The van der Waals surface area contributed by atoms with E-state index in [1.807, 2.05) is 0 Å². The molecule has 2 N–H and O–H groups in total. The molecule has 0 bridgehead atoms. The summed E-state index contributed by atoms with van der Waals surface area (Å²) in [6.07, 6.45) is 1.02. The van der Waals surface area contributed by atoms with Crippen LogP contribution in [-0.2, 0) is 9.59 Å². The molecule has 2 fully saturated rings. The van der Waals surface area contributed by atoms with E-state index in [0.29, 0.717) is 17.8 Å². The maximum atomic E-state index is 10.8. The van der Waals surface area contributed by atoms with E-state index in [-0.39, 0.29) is 6.04 Å². The largest absolute Gasteiger partial charge is 0.316 e. The minimum atomic E-state index is -0.622. The topological polar surface area (TPSA) is 70.6 Å². The van der Waals surface area contributed by atoms with Gasteiger partial charge in [0.15, 0.2) is 0 Å². The zero-order valence-corrected chi connectivity index (χ0v) is 8.20. The normalized spacial score (nSPS) is 36.1. The molecule has 1 saturated heterocycles. The molecule has 1 aliphatic carbocycles. The number of hydrogen-bond donors (Lipinski definition) is 2. The quantitative estimate of drug-likeness (QED) is 0.560. The summed E-state index contributed by atoms with van der Waals surface area (Å²) in [5, 5.41) is 4.78. The van der Waals surface area contributed by atoms with Crippen LogP contribution in [-0.4, -0.2) is 23.8 Å². The Kier molecular flexibility index (Phi) is 2.02. The molecule has 5 heteroatoms. The minimum Gasteiger partial charge on any atom is -0.288 e. The average molecular weight is 195 g/mol. The van der Waals surface area contributed by atoms with Crippen LogP contribution < -0.4 is 10.6 Å². The van der Waals surface area contributed by atoms with E-state index >= 15 is 0 Å². The number of amides is 2. The van der Waals surface area contributed by atoms with Gasteiger partial charge in [-0.3, -0.25) is 20.2 Å². The smallest absolute Gasteiger partial charge is 0.288 e. The van der Waals surface area contributed by atoms with Gasteiger partial charge in [-0.25, -0.2) is 4.99 Å². The third-order valence-corrected chi connectivity index (χ3v) is 3.08. The van der Waals surface area contributed by atoms with Gasteiger partial charge in [-0.1, -0.05) is 13.8 Å². The molecule has 3 atom stereocenters. The number of rotatable bonds is 1. The monoisotopic (exact) mass is 195 g/mol. The van der Waals surface area contributed by atoms with Gasteiger partial charge in [-0.2, -0.15) is 0 Å². The van der Waals surface area contributed by atoms with E-state index in [4.69, 9.17) is 0 Å². The van der Waals surface area contributed by atoms with Crippen LogP contribution in [0.4, 0.5) is 0 Å². The van der Waals surface area contributed by atoms with Gasteiger partial charge < -0.3 is 0 Å². The lowest BCUT2D eigenvalue weighted by atomic mass is 9.72. The van der Waals surface area contributed by atoms with Crippen LogP contribution in [0.15, 0.2) is 4.99 Å². The highest BCUT2D eigenvalue weighted by atomic mass is 16.2. The van der Waals surface area contributed by atoms with Crippen molar-refractivity contribution in [3.8, 4) is 0 Å². The second-order valence-corrected chi connectivity index (χ2v) is 4.03. The van der Waals surface area contributed by atoms with E-state index < -0.39 is 11.8 Å². The first-order valence-corrected chi connectivity index (χ1v) is 4.78. The van der Waals surface area contributed by atoms with E-state index in [9.17, 15) is 9.59 Å². The number of hydrogen-bond acceptors (Lipinski definition) is 3. The second kappa shape index (κ2) is 3.08. The summed E-state index contributed by atoms with van der Waals surface area (Å²) < 4.78 is 0. The standard InChI is InChI=1S/C9H13N3O2/c1-4-3-6(5(4)2)10-9-11-7(13)8(14)12-9/h4-6H,3H2,1-2H3,(H2,10,11,12,13,14). The van der Waals surface area contributed by atoms with Crippen LogP contribution in [0.2, 0.25) is 0 Å². The molecule has 0 aromatic rings. The molecule has 0 aromatic carbocycles.